The minimum atomic E-state index is -4.47. The maximum atomic E-state index is 13.8. The zero-order chi connectivity index (χ0) is 18.0. The lowest BCUT2D eigenvalue weighted by Crippen LogP contribution is -2.05. The molecule has 8 heteroatoms. The van der Waals surface area contributed by atoms with E-state index in [1.54, 1.807) is 0 Å². The van der Waals surface area contributed by atoms with Crippen LogP contribution >= 0.6 is 0 Å². The molecule has 0 bridgehead atoms. The Morgan fingerprint density at radius 1 is 0.920 bits per heavy atom. The first-order chi connectivity index (χ1) is 11.8. The van der Waals surface area contributed by atoms with E-state index in [4.69, 9.17) is 0 Å². The van der Waals surface area contributed by atoms with Gasteiger partial charge in [-0.3, -0.25) is 4.98 Å². The highest BCUT2D eigenvalue weighted by molar-refractivity contribution is 5.63. The molecule has 3 nitrogen and oxygen atoms in total. The van der Waals surface area contributed by atoms with Gasteiger partial charge in [-0.15, -0.1) is 0 Å². The van der Waals surface area contributed by atoms with Gasteiger partial charge in [-0.1, -0.05) is 6.07 Å². The molecule has 0 saturated carbocycles. The third-order valence-corrected chi connectivity index (χ3v) is 3.30. The van der Waals surface area contributed by atoms with Gasteiger partial charge in [0, 0.05) is 17.3 Å². The maximum absolute atomic E-state index is 13.8. The zero-order valence-corrected chi connectivity index (χ0v) is 12.5. The van der Waals surface area contributed by atoms with E-state index < -0.39 is 23.4 Å². The number of hydrogen-bond acceptors (Lipinski definition) is 3. The van der Waals surface area contributed by atoms with E-state index in [2.05, 4.69) is 15.3 Å². The summed E-state index contributed by atoms with van der Waals surface area (Å²) in [5.41, 5.74) is -0.511. The van der Waals surface area contributed by atoms with Crippen molar-refractivity contribution in [1.82, 2.24) is 9.97 Å². The number of aromatic nitrogens is 2. The SMILES string of the molecule is Fc1ccc(-c2cncc(Nc3cccc(C(F)(F)F)c3)n2)c(F)c1. The van der Waals surface area contributed by atoms with E-state index >= 15 is 0 Å². The quantitative estimate of drug-likeness (QED) is 0.661. The summed E-state index contributed by atoms with van der Waals surface area (Å²) in [6, 6.07) is 7.55. The summed E-state index contributed by atoms with van der Waals surface area (Å²) in [4.78, 5) is 7.99. The fourth-order valence-corrected chi connectivity index (χ4v) is 2.17. The number of nitrogens with one attached hydrogen (secondary N) is 1. The lowest BCUT2D eigenvalue weighted by molar-refractivity contribution is -0.137. The van der Waals surface area contributed by atoms with Crippen LogP contribution in [0.2, 0.25) is 0 Å². The molecule has 1 aromatic heterocycles. The normalized spacial score (nSPS) is 11.4. The second kappa shape index (κ2) is 6.46. The Balaban J connectivity index is 1.90. The first kappa shape index (κ1) is 16.8. The van der Waals surface area contributed by atoms with Crippen molar-refractivity contribution in [2.24, 2.45) is 0 Å². The van der Waals surface area contributed by atoms with Crippen LogP contribution in [-0.4, -0.2) is 9.97 Å². The molecule has 2 aromatic carbocycles. The molecule has 0 radical (unpaired) electrons. The number of alkyl halides is 3. The number of nitrogens with zero attached hydrogens (tertiary/aromatic N) is 2. The summed E-state index contributed by atoms with van der Waals surface area (Å²) in [6.07, 6.45) is -1.92. The summed E-state index contributed by atoms with van der Waals surface area (Å²) in [5, 5.41) is 2.69. The van der Waals surface area contributed by atoms with Crippen LogP contribution in [0, 0.1) is 11.6 Å². The van der Waals surface area contributed by atoms with Crippen LogP contribution in [0.1, 0.15) is 5.56 Å². The molecule has 0 aliphatic heterocycles. The summed E-state index contributed by atoms with van der Waals surface area (Å²) >= 11 is 0. The van der Waals surface area contributed by atoms with E-state index in [1.165, 1.54) is 30.6 Å². The smallest absolute Gasteiger partial charge is 0.339 e. The predicted molar refractivity (Wildman–Crippen MR) is 82.1 cm³/mol. The van der Waals surface area contributed by atoms with Gasteiger partial charge in [0.05, 0.1) is 23.7 Å². The second-order valence-corrected chi connectivity index (χ2v) is 5.12. The summed E-state index contributed by atoms with van der Waals surface area (Å²) in [6.45, 7) is 0. The van der Waals surface area contributed by atoms with Crippen LogP contribution in [0.4, 0.5) is 33.5 Å². The number of halogens is 5. The monoisotopic (exact) mass is 351 g/mol. The Morgan fingerprint density at radius 3 is 2.44 bits per heavy atom. The largest absolute Gasteiger partial charge is 0.416 e. The first-order valence-corrected chi connectivity index (χ1v) is 7.05. The maximum Gasteiger partial charge on any atom is 0.416 e. The van der Waals surface area contributed by atoms with Crippen molar-refractivity contribution in [3.8, 4) is 11.3 Å². The molecule has 25 heavy (non-hydrogen) atoms. The number of benzene rings is 2. The van der Waals surface area contributed by atoms with Crippen molar-refractivity contribution < 1.29 is 22.0 Å². The van der Waals surface area contributed by atoms with Gasteiger partial charge in [-0.2, -0.15) is 13.2 Å². The van der Waals surface area contributed by atoms with Gasteiger partial charge in [-0.05, 0) is 30.3 Å². The topological polar surface area (TPSA) is 37.8 Å². The summed E-state index contributed by atoms with van der Waals surface area (Å²) in [7, 11) is 0. The van der Waals surface area contributed by atoms with E-state index in [0.29, 0.717) is 6.07 Å². The van der Waals surface area contributed by atoms with Crippen LogP contribution in [0.3, 0.4) is 0 Å². The highest BCUT2D eigenvalue weighted by Crippen LogP contribution is 2.31. The Labute approximate surface area is 139 Å². The van der Waals surface area contributed by atoms with Crippen molar-refractivity contribution in [2.75, 3.05) is 5.32 Å². The molecule has 128 valence electrons. The minimum Gasteiger partial charge on any atom is -0.339 e. The molecule has 0 aliphatic carbocycles. The van der Waals surface area contributed by atoms with Crippen LogP contribution in [0.5, 0.6) is 0 Å². The van der Waals surface area contributed by atoms with Gasteiger partial charge in [-0.25, -0.2) is 13.8 Å². The van der Waals surface area contributed by atoms with Crippen molar-refractivity contribution >= 4 is 11.5 Å². The Hall–Kier alpha value is -3.03. The molecule has 0 aliphatic rings. The minimum absolute atomic E-state index is 0.0293. The van der Waals surface area contributed by atoms with E-state index in [0.717, 1.165) is 18.2 Å². The Morgan fingerprint density at radius 2 is 1.72 bits per heavy atom. The highest BCUT2D eigenvalue weighted by atomic mass is 19.4. The number of hydrogen-bond donors (Lipinski definition) is 1. The molecular weight excluding hydrogens is 341 g/mol. The molecule has 0 unspecified atom stereocenters. The van der Waals surface area contributed by atoms with E-state index in [1.807, 2.05) is 0 Å². The lowest BCUT2D eigenvalue weighted by Gasteiger charge is -2.11. The highest BCUT2D eigenvalue weighted by Gasteiger charge is 2.30. The third kappa shape index (κ3) is 3.90. The molecule has 0 fully saturated rings. The molecular formula is C17H10F5N3. The molecule has 0 atom stereocenters. The number of rotatable bonds is 3. The van der Waals surface area contributed by atoms with Crippen LogP contribution in [0.25, 0.3) is 11.3 Å². The van der Waals surface area contributed by atoms with Gasteiger partial charge < -0.3 is 5.32 Å². The summed E-state index contributed by atoms with van der Waals surface area (Å²) < 4.78 is 65.0. The van der Waals surface area contributed by atoms with Crippen molar-refractivity contribution in [1.29, 1.82) is 0 Å². The number of anilines is 2. The van der Waals surface area contributed by atoms with Crippen LogP contribution < -0.4 is 5.32 Å². The molecule has 1 heterocycles. The molecule has 3 aromatic rings. The van der Waals surface area contributed by atoms with Gasteiger partial charge in [0.2, 0.25) is 0 Å². The molecule has 0 spiro atoms. The Bertz CT molecular complexity index is 909. The van der Waals surface area contributed by atoms with Gasteiger partial charge in [0.1, 0.15) is 17.5 Å². The molecule has 1 N–H and O–H groups in total. The van der Waals surface area contributed by atoms with Crippen molar-refractivity contribution in [2.45, 2.75) is 6.18 Å². The lowest BCUT2D eigenvalue weighted by atomic mass is 10.1. The van der Waals surface area contributed by atoms with Gasteiger partial charge in [0.15, 0.2) is 0 Å². The fraction of sp³-hybridized carbons (Fsp3) is 0.0588. The molecule has 3 rings (SSSR count). The van der Waals surface area contributed by atoms with E-state index in [9.17, 15) is 22.0 Å². The Kier molecular flexibility index (Phi) is 4.35. The van der Waals surface area contributed by atoms with E-state index in [-0.39, 0.29) is 22.8 Å². The van der Waals surface area contributed by atoms with Crippen molar-refractivity contribution in [3.63, 3.8) is 0 Å². The second-order valence-electron chi connectivity index (χ2n) is 5.12. The summed E-state index contributed by atoms with van der Waals surface area (Å²) in [5.74, 6) is -1.42. The average molecular weight is 351 g/mol. The van der Waals surface area contributed by atoms with Gasteiger partial charge >= 0.3 is 6.18 Å². The average Bonchev–Trinajstić information content (AvgIpc) is 2.54. The van der Waals surface area contributed by atoms with Gasteiger partial charge in [0.25, 0.3) is 0 Å². The molecule has 0 amide bonds. The third-order valence-electron chi connectivity index (χ3n) is 3.30. The first-order valence-electron chi connectivity index (χ1n) is 7.05. The van der Waals surface area contributed by atoms with Crippen LogP contribution in [-0.2, 0) is 6.18 Å². The standard InChI is InChI=1S/C17H10F5N3/c18-11-4-5-13(14(19)7-11)15-8-23-9-16(25-15)24-12-3-1-2-10(6-12)17(20,21)22/h1-9H,(H,24,25). The molecule has 0 saturated heterocycles. The van der Waals surface area contributed by atoms with Crippen LogP contribution in [0.15, 0.2) is 54.9 Å². The predicted octanol–water partition coefficient (Wildman–Crippen LogP) is 5.18. The van der Waals surface area contributed by atoms with Crippen molar-refractivity contribution in [3.05, 3.63) is 72.1 Å². The zero-order valence-electron chi connectivity index (χ0n) is 12.5. The fourth-order valence-electron chi connectivity index (χ4n) is 2.17.